The average Bonchev–Trinajstić information content (AvgIpc) is 2.58. The number of aromatic nitrogens is 1. The summed E-state index contributed by atoms with van der Waals surface area (Å²) in [5, 5.41) is 18.3. The van der Waals surface area contributed by atoms with Crippen molar-refractivity contribution >= 4 is 16.9 Å². The molecule has 15 heavy (non-hydrogen) atoms. The van der Waals surface area contributed by atoms with Crippen LogP contribution in [0.3, 0.4) is 0 Å². The zero-order chi connectivity index (χ0) is 10.8. The number of aliphatic carboxylic acids is 1. The van der Waals surface area contributed by atoms with Gasteiger partial charge in [-0.05, 0) is 18.2 Å². The lowest BCUT2D eigenvalue weighted by Crippen LogP contribution is -1.99. The molecule has 4 heteroatoms. The molecule has 0 aliphatic heterocycles. The molecule has 0 amide bonds. The minimum absolute atomic E-state index is 0.0560. The van der Waals surface area contributed by atoms with Crippen molar-refractivity contribution in [2.75, 3.05) is 0 Å². The number of fused-ring (bicyclic) bond motifs is 1. The average molecular weight is 200 g/mol. The third kappa shape index (κ3) is 1.67. The van der Waals surface area contributed by atoms with Crippen molar-refractivity contribution in [3.63, 3.8) is 0 Å². The van der Waals surface area contributed by atoms with E-state index in [1.54, 1.807) is 18.2 Å². The molecule has 0 aliphatic carbocycles. The van der Waals surface area contributed by atoms with Gasteiger partial charge in [0.05, 0.1) is 18.1 Å². The van der Waals surface area contributed by atoms with Crippen molar-refractivity contribution < 1.29 is 9.90 Å². The SMILES string of the molecule is N#Cc1cccc2[nH]c(CC(=O)O)cc12. The molecule has 2 aromatic rings. The Bertz CT molecular complexity index is 563. The molecule has 1 aromatic heterocycles. The Labute approximate surface area is 85.8 Å². The molecular formula is C11H8N2O2. The maximum Gasteiger partial charge on any atom is 0.309 e. The maximum absolute atomic E-state index is 10.5. The van der Waals surface area contributed by atoms with Gasteiger partial charge in [-0.2, -0.15) is 5.26 Å². The van der Waals surface area contributed by atoms with E-state index >= 15 is 0 Å². The molecular weight excluding hydrogens is 192 g/mol. The summed E-state index contributed by atoms with van der Waals surface area (Å²) in [6.45, 7) is 0. The number of rotatable bonds is 2. The van der Waals surface area contributed by atoms with Gasteiger partial charge in [0, 0.05) is 16.6 Å². The van der Waals surface area contributed by atoms with E-state index < -0.39 is 5.97 Å². The molecule has 74 valence electrons. The highest BCUT2D eigenvalue weighted by Crippen LogP contribution is 2.19. The van der Waals surface area contributed by atoms with E-state index in [4.69, 9.17) is 10.4 Å². The van der Waals surface area contributed by atoms with Crippen molar-refractivity contribution in [2.45, 2.75) is 6.42 Å². The van der Waals surface area contributed by atoms with E-state index in [-0.39, 0.29) is 6.42 Å². The number of carbonyl (C=O) groups is 1. The number of benzene rings is 1. The van der Waals surface area contributed by atoms with Gasteiger partial charge in [-0.15, -0.1) is 0 Å². The van der Waals surface area contributed by atoms with Crippen LogP contribution in [0.2, 0.25) is 0 Å². The topological polar surface area (TPSA) is 76.9 Å². The van der Waals surface area contributed by atoms with Crippen LogP contribution in [0, 0.1) is 11.3 Å². The maximum atomic E-state index is 10.5. The molecule has 2 rings (SSSR count). The Morgan fingerprint density at radius 1 is 1.53 bits per heavy atom. The van der Waals surface area contributed by atoms with Gasteiger partial charge in [-0.3, -0.25) is 4.79 Å². The summed E-state index contributed by atoms with van der Waals surface area (Å²) in [5.41, 5.74) is 1.96. The van der Waals surface area contributed by atoms with Crippen LogP contribution >= 0.6 is 0 Å². The van der Waals surface area contributed by atoms with Crippen LogP contribution in [-0.4, -0.2) is 16.1 Å². The number of carboxylic acid groups (broad SMARTS) is 1. The summed E-state index contributed by atoms with van der Waals surface area (Å²) in [6, 6.07) is 9.08. The fourth-order valence-electron chi connectivity index (χ4n) is 1.57. The molecule has 0 spiro atoms. The predicted octanol–water partition coefficient (Wildman–Crippen LogP) is 1.67. The number of nitrogens with zero attached hydrogens (tertiary/aromatic N) is 1. The lowest BCUT2D eigenvalue weighted by atomic mass is 10.1. The number of carboxylic acids is 1. The monoisotopic (exact) mass is 200 g/mol. The zero-order valence-corrected chi connectivity index (χ0v) is 7.82. The standard InChI is InChI=1S/C11H8N2O2/c12-6-7-2-1-3-10-9(7)4-8(13-10)5-11(14)15/h1-4,13H,5H2,(H,14,15). The van der Waals surface area contributed by atoms with Crippen LogP contribution in [0.4, 0.5) is 0 Å². The Kier molecular flexibility index (Phi) is 2.14. The Hall–Kier alpha value is -2.28. The zero-order valence-electron chi connectivity index (χ0n) is 7.82. The Balaban J connectivity index is 2.56. The summed E-state index contributed by atoms with van der Waals surface area (Å²) in [7, 11) is 0. The normalized spacial score (nSPS) is 10.1. The second-order valence-electron chi connectivity index (χ2n) is 3.24. The van der Waals surface area contributed by atoms with E-state index in [0.717, 1.165) is 10.9 Å². The van der Waals surface area contributed by atoms with Crippen LogP contribution < -0.4 is 0 Å². The highest BCUT2D eigenvalue weighted by molar-refractivity contribution is 5.87. The summed E-state index contributed by atoms with van der Waals surface area (Å²) in [4.78, 5) is 13.5. The van der Waals surface area contributed by atoms with Crippen LogP contribution in [0.5, 0.6) is 0 Å². The highest BCUT2D eigenvalue weighted by atomic mass is 16.4. The van der Waals surface area contributed by atoms with Gasteiger partial charge in [0.1, 0.15) is 0 Å². The summed E-state index contributed by atoms with van der Waals surface area (Å²) >= 11 is 0. The van der Waals surface area contributed by atoms with Crippen LogP contribution in [0.15, 0.2) is 24.3 Å². The number of nitriles is 1. The molecule has 0 saturated carbocycles. The van der Waals surface area contributed by atoms with Gasteiger partial charge in [0.15, 0.2) is 0 Å². The van der Waals surface area contributed by atoms with Crippen LogP contribution in [0.1, 0.15) is 11.3 Å². The van der Waals surface area contributed by atoms with Crippen LogP contribution in [-0.2, 0) is 11.2 Å². The van der Waals surface area contributed by atoms with E-state index in [9.17, 15) is 4.79 Å². The van der Waals surface area contributed by atoms with Crippen molar-refractivity contribution in [3.05, 3.63) is 35.5 Å². The highest BCUT2D eigenvalue weighted by Gasteiger charge is 2.07. The first kappa shape index (κ1) is 9.28. The molecule has 0 unspecified atom stereocenters. The first-order valence-corrected chi connectivity index (χ1v) is 4.43. The molecule has 0 bridgehead atoms. The number of hydrogen-bond acceptors (Lipinski definition) is 2. The Morgan fingerprint density at radius 3 is 3.00 bits per heavy atom. The van der Waals surface area contributed by atoms with E-state index in [1.165, 1.54) is 0 Å². The van der Waals surface area contributed by atoms with Crippen molar-refractivity contribution in [3.8, 4) is 6.07 Å². The summed E-state index contributed by atoms with van der Waals surface area (Å²) in [5.74, 6) is -0.889. The van der Waals surface area contributed by atoms with Crippen molar-refractivity contribution in [1.82, 2.24) is 4.98 Å². The number of H-pyrrole nitrogens is 1. The smallest absolute Gasteiger partial charge is 0.309 e. The van der Waals surface area contributed by atoms with Gasteiger partial charge in [-0.25, -0.2) is 0 Å². The van der Waals surface area contributed by atoms with Gasteiger partial charge in [0.25, 0.3) is 0 Å². The number of hydrogen-bond donors (Lipinski definition) is 2. The fraction of sp³-hybridized carbons (Fsp3) is 0.0909. The third-order valence-electron chi connectivity index (χ3n) is 2.18. The lowest BCUT2D eigenvalue weighted by Gasteiger charge is -1.90. The van der Waals surface area contributed by atoms with Crippen LogP contribution in [0.25, 0.3) is 10.9 Å². The minimum atomic E-state index is -0.889. The molecule has 4 nitrogen and oxygen atoms in total. The molecule has 2 N–H and O–H groups in total. The van der Waals surface area contributed by atoms with Gasteiger partial charge in [-0.1, -0.05) is 6.07 Å². The number of nitrogens with one attached hydrogen (secondary N) is 1. The first-order valence-electron chi connectivity index (χ1n) is 4.43. The second kappa shape index (κ2) is 3.46. The molecule has 0 fully saturated rings. The first-order chi connectivity index (χ1) is 7.20. The predicted molar refractivity (Wildman–Crippen MR) is 54.4 cm³/mol. The lowest BCUT2D eigenvalue weighted by molar-refractivity contribution is -0.136. The van der Waals surface area contributed by atoms with Crippen molar-refractivity contribution in [1.29, 1.82) is 5.26 Å². The fourth-order valence-corrected chi connectivity index (χ4v) is 1.57. The number of aromatic amines is 1. The summed E-state index contributed by atoms with van der Waals surface area (Å²) < 4.78 is 0. The largest absolute Gasteiger partial charge is 0.481 e. The van der Waals surface area contributed by atoms with Gasteiger partial charge >= 0.3 is 5.97 Å². The Morgan fingerprint density at radius 2 is 2.33 bits per heavy atom. The quantitative estimate of drug-likeness (QED) is 0.774. The minimum Gasteiger partial charge on any atom is -0.481 e. The second-order valence-corrected chi connectivity index (χ2v) is 3.24. The van der Waals surface area contributed by atoms with E-state index in [1.807, 2.05) is 6.07 Å². The molecule has 0 atom stereocenters. The van der Waals surface area contributed by atoms with E-state index in [2.05, 4.69) is 11.1 Å². The van der Waals surface area contributed by atoms with Crippen molar-refractivity contribution in [2.24, 2.45) is 0 Å². The molecule has 0 radical (unpaired) electrons. The van der Waals surface area contributed by atoms with Gasteiger partial charge in [0.2, 0.25) is 0 Å². The summed E-state index contributed by atoms with van der Waals surface area (Å²) in [6.07, 6.45) is -0.0560. The third-order valence-corrected chi connectivity index (χ3v) is 2.18. The van der Waals surface area contributed by atoms with E-state index in [0.29, 0.717) is 11.3 Å². The molecule has 1 aromatic carbocycles. The van der Waals surface area contributed by atoms with Gasteiger partial charge < -0.3 is 10.1 Å². The molecule has 1 heterocycles. The molecule has 0 saturated heterocycles. The molecule has 0 aliphatic rings.